The van der Waals surface area contributed by atoms with E-state index in [2.05, 4.69) is 9.71 Å². The van der Waals surface area contributed by atoms with Crippen molar-refractivity contribution in [3.8, 4) is 0 Å². The molecule has 2 atom stereocenters. The van der Waals surface area contributed by atoms with Crippen LogP contribution >= 0.6 is 0 Å². The van der Waals surface area contributed by atoms with Crippen LogP contribution < -0.4 is 10.5 Å². The molecule has 0 saturated carbocycles. The molecule has 2 aliphatic heterocycles. The van der Waals surface area contributed by atoms with Gasteiger partial charge < -0.3 is 20.4 Å². The molecule has 0 unspecified atom stereocenters. The fourth-order valence-electron chi connectivity index (χ4n) is 4.13. The number of H-pyrrole nitrogens is 1. The van der Waals surface area contributed by atoms with E-state index in [0.717, 1.165) is 17.8 Å². The van der Waals surface area contributed by atoms with Gasteiger partial charge in [-0.25, -0.2) is 13.1 Å². The van der Waals surface area contributed by atoms with Gasteiger partial charge in [0.15, 0.2) is 0 Å². The number of carbonyl (C=O) groups is 2. The highest BCUT2D eigenvalue weighted by Gasteiger charge is 2.52. The number of benzene rings is 1. The van der Waals surface area contributed by atoms with Crippen LogP contribution in [0.5, 0.6) is 0 Å². The van der Waals surface area contributed by atoms with Gasteiger partial charge in [0.2, 0.25) is 15.9 Å². The molecule has 0 spiro atoms. The van der Waals surface area contributed by atoms with Gasteiger partial charge in [-0.05, 0) is 11.6 Å². The van der Waals surface area contributed by atoms with Crippen LogP contribution in [0.15, 0.2) is 47.5 Å². The second kappa shape index (κ2) is 7.29. The quantitative estimate of drug-likeness (QED) is 0.598. The minimum Gasteiger partial charge on any atom is -0.380 e. The van der Waals surface area contributed by atoms with Crippen LogP contribution in [0.2, 0.25) is 0 Å². The summed E-state index contributed by atoms with van der Waals surface area (Å²) in [6.45, 7) is 1.75. The number of hydrogen-bond donors (Lipinski definition) is 3. The van der Waals surface area contributed by atoms with Crippen LogP contribution in [0.1, 0.15) is 16.1 Å². The Bertz CT molecular complexity index is 1040. The molecular weight excluding hydrogens is 396 g/mol. The zero-order valence-corrected chi connectivity index (χ0v) is 16.4. The first-order valence-corrected chi connectivity index (χ1v) is 10.7. The highest BCUT2D eigenvalue weighted by Crippen LogP contribution is 2.43. The molecule has 2 aromatic rings. The van der Waals surface area contributed by atoms with E-state index >= 15 is 0 Å². The van der Waals surface area contributed by atoms with Crippen molar-refractivity contribution in [2.24, 2.45) is 11.7 Å². The highest BCUT2D eigenvalue weighted by atomic mass is 32.2. The molecule has 4 rings (SSSR count). The fraction of sp³-hybridized carbons (Fsp3) is 0.368. The third-order valence-electron chi connectivity index (χ3n) is 5.72. The van der Waals surface area contributed by atoms with Crippen LogP contribution in [-0.4, -0.2) is 63.0 Å². The van der Waals surface area contributed by atoms with Gasteiger partial charge in [-0.2, -0.15) is 0 Å². The van der Waals surface area contributed by atoms with Crippen molar-refractivity contribution >= 4 is 21.8 Å². The number of sulfonamides is 1. The van der Waals surface area contributed by atoms with Gasteiger partial charge in [-0.1, -0.05) is 30.3 Å². The van der Waals surface area contributed by atoms with Crippen LogP contribution in [0.4, 0.5) is 0 Å². The molecule has 2 saturated heterocycles. The smallest absolute Gasteiger partial charge is 0.265 e. The molecule has 29 heavy (non-hydrogen) atoms. The fourth-order valence-corrected chi connectivity index (χ4v) is 5.10. The number of nitrogens with one attached hydrogen (secondary N) is 2. The summed E-state index contributed by atoms with van der Waals surface area (Å²) < 4.78 is 32.8. The molecule has 154 valence electrons. The van der Waals surface area contributed by atoms with Crippen LogP contribution in [0.3, 0.4) is 0 Å². The maximum Gasteiger partial charge on any atom is 0.265 e. The Hall–Kier alpha value is -2.69. The zero-order chi connectivity index (χ0) is 20.6. The third kappa shape index (κ3) is 3.54. The number of ether oxygens (including phenoxy) is 1. The minimum atomic E-state index is -3.94. The SMILES string of the molecule is NC(=O)c1cc(S(=O)(=O)NCC(=O)N2C[C@@H]3COC[C@]3(c3ccccc3)C2)c[nH]1. The Morgan fingerprint density at radius 3 is 2.76 bits per heavy atom. The van der Waals surface area contributed by atoms with Crippen molar-refractivity contribution in [3.63, 3.8) is 0 Å². The van der Waals surface area contributed by atoms with Crippen molar-refractivity contribution in [1.82, 2.24) is 14.6 Å². The van der Waals surface area contributed by atoms with Gasteiger partial charge in [0.25, 0.3) is 5.91 Å². The van der Waals surface area contributed by atoms with E-state index in [1.165, 1.54) is 0 Å². The molecule has 1 aromatic carbocycles. The Labute approximate surface area is 168 Å². The lowest BCUT2D eigenvalue weighted by Crippen LogP contribution is -2.41. The average molecular weight is 418 g/mol. The maximum absolute atomic E-state index is 12.7. The zero-order valence-electron chi connectivity index (χ0n) is 15.6. The average Bonchev–Trinajstić information content (AvgIpc) is 3.41. The number of fused-ring (bicyclic) bond motifs is 1. The predicted octanol–water partition coefficient (Wildman–Crippen LogP) is -0.181. The molecule has 10 heteroatoms. The second-order valence-corrected chi connectivity index (χ2v) is 9.21. The van der Waals surface area contributed by atoms with E-state index in [1.807, 2.05) is 30.3 Å². The van der Waals surface area contributed by atoms with Crippen LogP contribution in [0.25, 0.3) is 0 Å². The van der Waals surface area contributed by atoms with Crippen molar-refractivity contribution in [2.75, 3.05) is 32.8 Å². The summed E-state index contributed by atoms with van der Waals surface area (Å²) in [4.78, 5) is 27.9. The van der Waals surface area contributed by atoms with Gasteiger partial charge in [0, 0.05) is 30.6 Å². The number of amides is 2. The maximum atomic E-state index is 12.7. The monoisotopic (exact) mass is 418 g/mol. The molecule has 2 aliphatic rings. The van der Waals surface area contributed by atoms with E-state index < -0.39 is 15.9 Å². The number of nitrogens with zero attached hydrogens (tertiary/aromatic N) is 1. The molecular formula is C19H22N4O5S. The number of primary amides is 1. The van der Waals surface area contributed by atoms with Crippen molar-refractivity contribution in [2.45, 2.75) is 10.3 Å². The van der Waals surface area contributed by atoms with E-state index in [9.17, 15) is 18.0 Å². The van der Waals surface area contributed by atoms with Crippen LogP contribution in [-0.2, 0) is 25.0 Å². The number of carbonyl (C=O) groups excluding carboxylic acids is 2. The molecule has 2 amide bonds. The summed E-state index contributed by atoms with van der Waals surface area (Å²) in [6, 6.07) is 11.1. The van der Waals surface area contributed by atoms with Gasteiger partial charge in [-0.15, -0.1) is 0 Å². The van der Waals surface area contributed by atoms with Crippen molar-refractivity contribution < 1.29 is 22.7 Å². The first kappa shape index (κ1) is 19.6. The van der Waals surface area contributed by atoms with E-state index in [0.29, 0.717) is 26.3 Å². The molecule has 0 radical (unpaired) electrons. The summed E-state index contributed by atoms with van der Waals surface area (Å²) in [5.74, 6) is -0.892. The number of rotatable bonds is 6. The summed E-state index contributed by atoms with van der Waals surface area (Å²) in [7, 11) is -3.94. The van der Waals surface area contributed by atoms with E-state index in [-0.39, 0.29) is 34.4 Å². The Balaban J connectivity index is 1.44. The van der Waals surface area contributed by atoms with Gasteiger partial charge >= 0.3 is 0 Å². The summed E-state index contributed by atoms with van der Waals surface area (Å²) in [5.41, 5.74) is 5.98. The number of aromatic amines is 1. The molecule has 1 aromatic heterocycles. The summed E-state index contributed by atoms with van der Waals surface area (Å²) >= 11 is 0. The third-order valence-corrected chi connectivity index (χ3v) is 7.10. The Kier molecular flexibility index (Phi) is 4.93. The molecule has 3 heterocycles. The summed E-state index contributed by atoms with van der Waals surface area (Å²) in [5, 5.41) is 0. The molecule has 4 N–H and O–H groups in total. The molecule has 0 bridgehead atoms. The first-order valence-electron chi connectivity index (χ1n) is 9.21. The minimum absolute atomic E-state index is 0.0196. The number of aromatic nitrogens is 1. The van der Waals surface area contributed by atoms with Crippen molar-refractivity contribution in [1.29, 1.82) is 0 Å². The molecule has 0 aliphatic carbocycles. The molecule has 9 nitrogen and oxygen atoms in total. The lowest BCUT2D eigenvalue weighted by atomic mass is 9.75. The normalized spacial score (nSPS) is 23.9. The molecule has 2 fully saturated rings. The summed E-state index contributed by atoms with van der Waals surface area (Å²) in [6.07, 6.45) is 1.16. The number of likely N-dealkylation sites (tertiary alicyclic amines) is 1. The predicted molar refractivity (Wildman–Crippen MR) is 104 cm³/mol. The highest BCUT2D eigenvalue weighted by molar-refractivity contribution is 7.89. The Morgan fingerprint density at radius 2 is 2.07 bits per heavy atom. The van der Waals surface area contributed by atoms with Gasteiger partial charge in [0.1, 0.15) is 10.6 Å². The lowest BCUT2D eigenvalue weighted by Gasteiger charge is -2.27. The largest absolute Gasteiger partial charge is 0.380 e. The van der Waals surface area contributed by atoms with E-state index in [1.54, 1.807) is 4.90 Å². The topological polar surface area (TPSA) is 135 Å². The number of nitrogens with two attached hydrogens (primary N) is 1. The van der Waals surface area contributed by atoms with E-state index in [4.69, 9.17) is 10.5 Å². The lowest BCUT2D eigenvalue weighted by molar-refractivity contribution is -0.129. The number of hydrogen-bond acceptors (Lipinski definition) is 5. The van der Waals surface area contributed by atoms with Crippen LogP contribution in [0, 0.1) is 5.92 Å². The first-order chi connectivity index (χ1) is 13.8. The Morgan fingerprint density at radius 1 is 1.31 bits per heavy atom. The second-order valence-electron chi connectivity index (χ2n) is 7.45. The van der Waals surface area contributed by atoms with Gasteiger partial charge in [0.05, 0.1) is 19.8 Å². The standard InChI is InChI=1S/C19H22N4O5S/c20-18(25)16-6-15(7-21-16)29(26,27)22-8-17(24)23-9-14-10-28-12-19(14,11-23)13-4-2-1-3-5-13/h1-7,14,21-22H,8-12H2,(H2,20,25)/t14-,19+/m1/s1. The van der Waals surface area contributed by atoms with Crippen molar-refractivity contribution in [3.05, 3.63) is 53.9 Å². The van der Waals surface area contributed by atoms with Gasteiger partial charge in [-0.3, -0.25) is 9.59 Å².